The van der Waals surface area contributed by atoms with Gasteiger partial charge in [-0.3, -0.25) is 9.59 Å². The molecule has 4 rings (SSSR count). The van der Waals surface area contributed by atoms with Crippen molar-refractivity contribution in [3.8, 4) is 11.8 Å². The topological polar surface area (TPSA) is 99.2 Å². The monoisotopic (exact) mass is 414 g/mol. The van der Waals surface area contributed by atoms with Gasteiger partial charge in [-0.2, -0.15) is 10.2 Å². The van der Waals surface area contributed by atoms with Crippen LogP contribution < -0.4 is 5.56 Å². The maximum absolute atomic E-state index is 13.2. The highest BCUT2D eigenvalue weighted by atomic mass is 16.3. The van der Waals surface area contributed by atoms with E-state index in [4.69, 9.17) is 0 Å². The first-order valence-electron chi connectivity index (χ1n) is 10.1. The quantitative estimate of drug-likeness (QED) is 0.707. The Morgan fingerprint density at radius 3 is 2.06 bits per heavy atom. The lowest BCUT2D eigenvalue weighted by atomic mass is 9.83. The Morgan fingerprint density at radius 2 is 1.58 bits per heavy atom. The summed E-state index contributed by atoms with van der Waals surface area (Å²) in [5.74, 6) is -1.64. The van der Waals surface area contributed by atoms with E-state index in [-0.39, 0.29) is 23.5 Å². The number of aromatic hydroxyl groups is 1. The Morgan fingerprint density at radius 1 is 1.03 bits per heavy atom. The first-order chi connectivity index (χ1) is 14.9. The lowest BCUT2D eigenvalue weighted by Crippen LogP contribution is -2.50. The van der Waals surface area contributed by atoms with E-state index in [2.05, 4.69) is 4.98 Å². The molecule has 3 aromatic rings. The van der Waals surface area contributed by atoms with Crippen LogP contribution in [-0.2, 0) is 0 Å². The fourth-order valence-corrected chi connectivity index (χ4v) is 4.29. The standard InChI is InChI=1S/C24H22N4O3/c1-15(2)27-14-18(28-19(13-25)26-23(30)22(29)21(28)24(27)31)20(16-9-5-3-6-10-16)17-11-7-4-8-12-17/h3-12,15,18,20,29H,14H2,1-2H3/t18-/m1/s1. The minimum absolute atomic E-state index is 0.163. The van der Waals surface area contributed by atoms with Crippen LogP contribution in [-0.4, -0.2) is 38.1 Å². The molecule has 0 bridgehead atoms. The Kier molecular flexibility index (Phi) is 5.30. The normalized spacial score (nSPS) is 15.8. The Hall–Kier alpha value is -3.92. The highest BCUT2D eigenvalue weighted by Gasteiger charge is 2.41. The van der Waals surface area contributed by atoms with E-state index in [1.54, 1.807) is 4.90 Å². The number of hydrogen-bond acceptors (Lipinski definition) is 5. The van der Waals surface area contributed by atoms with Gasteiger partial charge in [0, 0.05) is 18.5 Å². The summed E-state index contributed by atoms with van der Waals surface area (Å²) < 4.78 is 1.45. The number of fused-ring (bicyclic) bond motifs is 1. The summed E-state index contributed by atoms with van der Waals surface area (Å²) in [4.78, 5) is 30.8. The molecular weight excluding hydrogens is 392 g/mol. The third-order valence-corrected chi connectivity index (χ3v) is 5.71. The minimum Gasteiger partial charge on any atom is -0.501 e. The van der Waals surface area contributed by atoms with Crippen molar-refractivity contribution >= 4 is 5.91 Å². The zero-order valence-electron chi connectivity index (χ0n) is 17.3. The van der Waals surface area contributed by atoms with Crippen molar-refractivity contribution in [3.63, 3.8) is 0 Å². The molecule has 1 aliphatic rings. The lowest BCUT2D eigenvalue weighted by Gasteiger charge is -2.42. The fourth-order valence-electron chi connectivity index (χ4n) is 4.29. The fraction of sp³-hybridized carbons (Fsp3) is 0.250. The second-order valence-corrected chi connectivity index (χ2v) is 7.84. The van der Waals surface area contributed by atoms with E-state index in [0.717, 1.165) is 11.1 Å². The molecule has 1 aliphatic heterocycles. The molecule has 0 fully saturated rings. The van der Waals surface area contributed by atoms with Crippen LogP contribution in [0.15, 0.2) is 65.5 Å². The van der Waals surface area contributed by atoms with Gasteiger partial charge >= 0.3 is 5.56 Å². The third kappa shape index (κ3) is 3.46. The smallest absolute Gasteiger partial charge is 0.316 e. The average molecular weight is 414 g/mol. The average Bonchev–Trinajstić information content (AvgIpc) is 2.78. The molecule has 0 saturated carbocycles. The van der Waals surface area contributed by atoms with E-state index < -0.39 is 23.3 Å². The molecule has 31 heavy (non-hydrogen) atoms. The summed E-state index contributed by atoms with van der Waals surface area (Å²) in [5, 5.41) is 20.3. The number of rotatable bonds is 4. The Balaban J connectivity index is 2.04. The zero-order chi connectivity index (χ0) is 22.1. The molecule has 7 heteroatoms. The van der Waals surface area contributed by atoms with Crippen molar-refractivity contribution in [2.75, 3.05) is 6.54 Å². The van der Waals surface area contributed by atoms with E-state index in [9.17, 15) is 20.0 Å². The number of benzene rings is 2. The summed E-state index contributed by atoms with van der Waals surface area (Å²) in [7, 11) is 0. The Labute approximate surface area is 179 Å². The highest BCUT2D eigenvalue weighted by molar-refractivity contribution is 5.96. The predicted molar refractivity (Wildman–Crippen MR) is 115 cm³/mol. The summed E-state index contributed by atoms with van der Waals surface area (Å²) in [5.41, 5.74) is 0.824. The number of carbonyl (C=O) groups excluding carboxylic acids is 1. The zero-order valence-corrected chi connectivity index (χ0v) is 17.3. The van der Waals surface area contributed by atoms with E-state index in [1.807, 2.05) is 80.6 Å². The van der Waals surface area contributed by atoms with Crippen molar-refractivity contribution in [1.29, 1.82) is 5.26 Å². The van der Waals surface area contributed by atoms with Crippen molar-refractivity contribution in [2.24, 2.45) is 0 Å². The lowest BCUT2D eigenvalue weighted by molar-refractivity contribution is 0.0584. The SMILES string of the molecule is CC(C)N1C[C@H](C(c2ccccc2)c2ccccc2)n2c(C#N)nc(=O)c(O)c2C1=O. The van der Waals surface area contributed by atoms with E-state index in [1.165, 1.54) is 4.57 Å². The van der Waals surface area contributed by atoms with Crippen LogP contribution in [0.25, 0.3) is 0 Å². The van der Waals surface area contributed by atoms with Gasteiger partial charge in [-0.05, 0) is 25.0 Å². The van der Waals surface area contributed by atoms with E-state index in [0.29, 0.717) is 6.54 Å². The first kappa shape index (κ1) is 20.4. The van der Waals surface area contributed by atoms with Crippen LogP contribution >= 0.6 is 0 Å². The molecule has 1 aromatic heterocycles. The second kappa shape index (κ2) is 8.07. The van der Waals surface area contributed by atoms with Crippen LogP contribution in [0.3, 0.4) is 0 Å². The van der Waals surface area contributed by atoms with Gasteiger partial charge in [-0.15, -0.1) is 0 Å². The molecule has 1 N–H and O–H groups in total. The van der Waals surface area contributed by atoms with E-state index >= 15 is 0 Å². The molecule has 7 nitrogen and oxygen atoms in total. The van der Waals surface area contributed by atoms with Gasteiger partial charge in [0.15, 0.2) is 5.69 Å². The summed E-state index contributed by atoms with van der Waals surface area (Å²) in [6.07, 6.45) is 0. The van der Waals surface area contributed by atoms with Gasteiger partial charge in [-0.1, -0.05) is 60.7 Å². The molecule has 2 aromatic carbocycles. The number of nitriles is 1. The maximum Gasteiger partial charge on any atom is 0.316 e. The van der Waals surface area contributed by atoms with Crippen molar-refractivity contribution in [2.45, 2.75) is 31.8 Å². The molecule has 2 heterocycles. The highest BCUT2D eigenvalue weighted by Crippen LogP contribution is 2.40. The van der Waals surface area contributed by atoms with Gasteiger partial charge in [0.25, 0.3) is 5.91 Å². The van der Waals surface area contributed by atoms with Crippen LogP contribution in [0.4, 0.5) is 0 Å². The van der Waals surface area contributed by atoms with Crippen molar-refractivity contribution < 1.29 is 9.90 Å². The third-order valence-electron chi connectivity index (χ3n) is 5.71. The molecule has 1 amide bonds. The molecule has 0 aliphatic carbocycles. The Bertz CT molecular complexity index is 1170. The van der Waals surface area contributed by atoms with Gasteiger partial charge in [0.05, 0.1) is 6.04 Å². The van der Waals surface area contributed by atoms with Gasteiger partial charge in [0.1, 0.15) is 6.07 Å². The molecule has 156 valence electrons. The molecule has 1 atom stereocenters. The molecule has 0 saturated heterocycles. The minimum atomic E-state index is -0.975. The van der Waals surface area contributed by atoms with Crippen LogP contribution in [0.2, 0.25) is 0 Å². The largest absolute Gasteiger partial charge is 0.501 e. The van der Waals surface area contributed by atoms with Crippen molar-refractivity contribution in [3.05, 3.63) is 93.7 Å². The molecule has 0 radical (unpaired) electrons. The van der Waals surface area contributed by atoms with Gasteiger partial charge in [-0.25, -0.2) is 0 Å². The van der Waals surface area contributed by atoms with Crippen LogP contribution in [0, 0.1) is 11.3 Å². The van der Waals surface area contributed by atoms with Crippen molar-refractivity contribution in [1.82, 2.24) is 14.5 Å². The number of nitrogens with zero attached hydrogens (tertiary/aromatic N) is 4. The molecule has 0 unspecified atom stereocenters. The summed E-state index contributed by atoms with van der Waals surface area (Å²) >= 11 is 0. The molecule has 0 spiro atoms. The van der Waals surface area contributed by atoms with Gasteiger partial charge in [0.2, 0.25) is 11.6 Å². The second-order valence-electron chi connectivity index (χ2n) is 7.84. The number of amides is 1. The summed E-state index contributed by atoms with van der Waals surface area (Å²) in [6, 6.07) is 20.9. The predicted octanol–water partition coefficient (Wildman–Crippen LogP) is 3.06. The summed E-state index contributed by atoms with van der Waals surface area (Å²) in [6.45, 7) is 4.06. The van der Waals surface area contributed by atoms with Gasteiger partial charge < -0.3 is 14.6 Å². The molecular formula is C24H22N4O3. The number of aromatic nitrogens is 2. The number of carbonyl (C=O) groups is 1. The van der Waals surface area contributed by atoms with Crippen LogP contribution in [0.5, 0.6) is 5.75 Å². The first-order valence-corrected chi connectivity index (χ1v) is 10.1. The maximum atomic E-state index is 13.2. The van der Waals surface area contributed by atoms with Crippen LogP contribution in [0.1, 0.15) is 53.2 Å². The number of hydrogen-bond donors (Lipinski definition) is 1.